The number of amides is 1. The number of halogens is 2. The van der Waals surface area contributed by atoms with Crippen LogP contribution in [0.2, 0.25) is 5.02 Å². The van der Waals surface area contributed by atoms with Crippen molar-refractivity contribution in [3.63, 3.8) is 0 Å². The average Bonchev–Trinajstić information content (AvgIpc) is 2.73. The van der Waals surface area contributed by atoms with Crippen LogP contribution in [0.15, 0.2) is 83.8 Å². The number of carbonyl (C=O) groups excluding carboxylic acids is 1. The number of nitrogens with one attached hydrogen (secondary N) is 1. The fraction of sp³-hybridized carbons (Fsp3) is 0.0952. The van der Waals surface area contributed by atoms with Gasteiger partial charge in [0, 0.05) is 15.1 Å². The number of hydrogen-bond acceptors (Lipinski definition) is 3. The van der Waals surface area contributed by atoms with E-state index in [1.165, 1.54) is 12.1 Å². The molecule has 3 aromatic carbocycles. The van der Waals surface area contributed by atoms with Crippen molar-refractivity contribution in [3.8, 4) is 0 Å². The Morgan fingerprint density at radius 2 is 1.55 bits per heavy atom. The topological polar surface area (TPSA) is 66.5 Å². The highest BCUT2D eigenvalue weighted by Gasteiger charge is 2.27. The molecule has 5 nitrogen and oxygen atoms in total. The van der Waals surface area contributed by atoms with E-state index in [9.17, 15) is 13.2 Å². The summed E-state index contributed by atoms with van der Waals surface area (Å²) in [5.41, 5.74) is 1.30. The van der Waals surface area contributed by atoms with Crippen LogP contribution in [0.25, 0.3) is 0 Å². The maximum Gasteiger partial charge on any atom is 0.264 e. The largest absolute Gasteiger partial charge is 0.350 e. The average molecular weight is 541 g/mol. The molecule has 0 heterocycles. The van der Waals surface area contributed by atoms with Crippen LogP contribution in [0.5, 0.6) is 0 Å². The summed E-state index contributed by atoms with van der Waals surface area (Å²) in [7, 11) is -3.90. The number of rotatable bonds is 7. The second-order valence-electron chi connectivity index (χ2n) is 6.20. The van der Waals surface area contributed by atoms with Crippen molar-refractivity contribution in [1.82, 2.24) is 5.32 Å². The highest BCUT2D eigenvalue weighted by Crippen LogP contribution is 2.24. The molecule has 0 saturated heterocycles. The normalized spacial score (nSPS) is 11.1. The lowest BCUT2D eigenvalue weighted by atomic mass is 10.2. The van der Waals surface area contributed by atoms with Crippen LogP contribution in [-0.2, 0) is 21.4 Å². The molecule has 150 valence electrons. The van der Waals surface area contributed by atoms with Gasteiger partial charge in [-0.05, 0) is 76.7 Å². The number of nitrogens with zero attached hydrogens (tertiary/aromatic N) is 1. The molecule has 0 atom stereocenters. The molecule has 1 N–H and O–H groups in total. The summed E-state index contributed by atoms with van der Waals surface area (Å²) in [4.78, 5) is 12.7. The first-order chi connectivity index (χ1) is 13.9. The van der Waals surface area contributed by atoms with Crippen LogP contribution in [0.3, 0.4) is 0 Å². The first-order valence-electron chi connectivity index (χ1n) is 8.71. The first kappa shape index (κ1) is 21.6. The van der Waals surface area contributed by atoms with Gasteiger partial charge in [-0.25, -0.2) is 8.42 Å². The van der Waals surface area contributed by atoms with E-state index < -0.39 is 15.9 Å². The van der Waals surface area contributed by atoms with Gasteiger partial charge in [0.15, 0.2) is 0 Å². The third kappa shape index (κ3) is 5.71. The molecule has 1 amide bonds. The lowest BCUT2D eigenvalue weighted by Crippen LogP contribution is -2.40. The van der Waals surface area contributed by atoms with E-state index in [1.807, 2.05) is 0 Å². The van der Waals surface area contributed by atoms with Crippen molar-refractivity contribution in [3.05, 3.63) is 93.0 Å². The molecule has 0 aliphatic rings. The van der Waals surface area contributed by atoms with E-state index in [2.05, 4.69) is 27.9 Å². The van der Waals surface area contributed by atoms with Gasteiger partial charge in [-0.3, -0.25) is 9.10 Å². The number of hydrogen-bond donors (Lipinski definition) is 1. The summed E-state index contributed by atoms with van der Waals surface area (Å²) in [6, 6.07) is 22.1. The van der Waals surface area contributed by atoms with Gasteiger partial charge >= 0.3 is 0 Å². The summed E-state index contributed by atoms with van der Waals surface area (Å²) in [6.07, 6.45) is 0. The highest BCUT2D eigenvalue weighted by molar-refractivity contribution is 14.1. The number of anilines is 1. The third-order valence-electron chi connectivity index (χ3n) is 4.14. The highest BCUT2D eigenvalue weighted by atomic mass is 127. The number of carbonyl (C=O) groups is 1. The van der Waals surface area contributed by atoms with E-state index in [0.717, 1.165) is 13.4 Å². The van der Waals surface area contributed by atoms with Crippen LogP contribution in [0.4, 0.5) is 5.69 Å². The lowest BCUT2D eigenvalue weighted by molar-refractivity contribution is -0.119. The smallest absolute Gasteiger partial charge is 0.264 e. The van der Waals surface area contributed by atoms with Gasteiger partial charge < -0.3 is 5.32 Å². The zero-order chi connectivity index (χ0) is 20.9. The summed E-state index contributed by atoms with van der Waals surface area (Å²) < 4.78 is 28.5. The van der Waals surface area contributed by atoms with E-state index in [4.69, 9.17) is 11.6 Å². The minimum Gasteiger partial charge on any atom is -0.350 e. The molecule has 0 fully saturated rings. The van der Waals surface area contributed by atoms with E-state index in [-0.39, 0.29) is 18.0 Å². The number of sulfonamides is 1. The molecular weight excluding hydrogens is 523 g/mol. The summed E-state index contributed by atoms with van der Waals surface area (Å²) in [5, 5.41) is 3.37. The Labute approximate surface area is 188 Å². The molecule has 0 aromatic heterocycles. The second kappa shape index (κ2) is 9.60. The zero-order valence-electron chi connectivity index (χ0n) is 15.3. The van der Waals surface area contributed by atoms with Crippen LogP contribution in [0.1, 0.15) is 5.56 Å². The van der Waals surface area contributed by atoms with Crippen molar-refractivity contribution in [2.45, 2.75) is 11.4 Å². The van der Waals surface area contributed by atoms with Gasteiger partial charge in [0.25, 0.3) is 10.0 Å². The van der Waals surface area contributed by atoms with Gasteiger partial charge in [0.05, 0.1) is 10.6 Å². The molecule has 0 spiro atoms. The Kier molecular flexibility index (Phi) is 7.15. The molecule has 3 aromatic rings. The Bertz CT molecular complexity index is 1070. The number of benzene rings is 3. The molecule has 0 bridgehead atoms. The maximum absolute atomic E-state index is 13.2. The summed E-state index contributed by atoms with van der Waals surface area (Å²) >= 11 is 8.01. The van der Waals surface area contributed by atoms with Crippen LogP contribution >= 0.6 is 34.2 Å². The zero-order valence-corrected chi connectivity index (χ0v) is 19.0. The minimum atomic E-state index is -3.90. The Hall–Kier alpha value is -2.10. The standard InChI is InChI=1S/C21H18ClIN2O3S/c22-17-8-6-16(7-9-17)14-24-21(26)15-25(19-12-10-18(23)11-13-19)29(27,28)20-4-2-1-3-5-20/h1-13H,14-15H2,(H,24,26). The molecular formula is C21H18ClIN2O3S. The SMILES string of the molecule is O=C(CN(c1ccc(I)cc1)S(=O)(=O)c1ccccc1)NCc1ccc(Cl)cc1. The van der Waals surface area contributed by atoms with Gasteiger partial charge in [-0.15, -0.1) is 0 Å². The summed E-state index contributed by atoms with van der Waals surface area (Å²) in [5.74, 6) is -0.405. The minimum absolute atomic E-state index is 0.129. The van der Waals surface area contributed by atoms with E-state index in [0.29, 0.717) is 10.7 Å². The van der Waals surface area contributed by atoms with Gasteiger partial charge in [-0.2, -0.15) is 0 Å². The lowest BCUT2D eigenvalue weighted by Gasteiger charge is -2.24. The molecule has 3 rings (SSSR count). The van der Waals surface area contributed by atoms with E-state index >= 15 is 0 Å². The van der Waals surface area contributed by atoms with E-state index in [1.54, 1.807) is 66.7 Å². The molecule has 0 aliphatic heterocycles. The van der Waals surface area contributed by atoms with Crippen molar-refractivity contribution in [2.75, 3.05) is 10.8 Å². The quantitative estimate of drug-likeness (QED) is 0.450. The third-order valence-corrected chi connectivity index (χ3v) is 6.90. The Morgan fingerprint density at radius 1 is 0.931 bits per heavy atom. The predicted octanol–water partition coefficient (Wildman–Crippen LogP) is 4.46. The van der Waals surface area contributed by atoms with Gasteiger partial charge in [0.1, 0.15) is 6.54 Å². The molecule has 0 radical (unpaired) electrons. The van der Waals surface area contributed by atoms with Crippen LogP contribution < -0.4 is 9.62 Å². The fourth-order valence-corrected chi connectivity index (χ4v) is 4.56. The van der Waals surface area contributed by atoms with Crippen molar-refractivity contribution in [1.29, 1.82) is 0 Å². The predicted molar refractivity (Wildman–Crippen MR) is 123 cm³/mol. The Morgan fingerprint density at radius 3 is 2.17 bits per heavy atom. The van der Waals surface area contributed by atoms with Gasteiger partial charge in [-0.1, -0.05) is 41.9 Å². The van der Waals surface area contributed by atoms with Crippen LogP contribution in [0, 0.1) is 3.57 Å². The maximum atomic E-state index is 13.2. The van der Waals surface area contributed by atoms with Crippen molar-refractivity contribution in [2.24, 2.45) is 0 Å². The first-order valence-corrected chi connectivity index (χ1v) is 11.6. The molecule has 0 aliphatic carbocycles. The molecule has 29 heavy (non-hydrogen) atoms. The fourth-order valence-electron chi connectivity index (χ4n) is 2.63. The van der Waals surface area contributed by atoms with Crippen molar-refractivity contribution < 1.29 is 13.2 Å². The van der Waals surface area contributed by atoms with Gasteiger partial charge in [0.2, 0.25) is 5.91 Å². The molecule has 0 unspecified atom stereocenters. The molecule has 8 heteroatoms. The van der Waals surface area contributed by atoms with Crippen molar-refractivity contribution >= 4 is 55.8 Å². The second-order valence-corrected chi connectivity index (χ2v) is 9.75. The van der Waals surface area contributed by atoms with Crippen LogP contribution in [-0.4, -0.2) is 20.9 Å². The summed E-state index contributed by atoms with van der Waals surface area (Å²) in [6.45, 7) is -0.0483. The molecule has 0 saturated carbocycles. The Balaban J connectivity index is 1.82. The monoisotopic (exact) mass is 540 g/mol.